The average Bonchev–Trinajstić information content (AvgIpc) is 3.61. The van der Waals surface area contributed by atoms with Crippen molar-refractivity contribution in [1.82, 2.24) is 39.7 Å². The molecular weight excluding hydrogens is 477 g/mol. The zero-order chi connectivity index (χ0) is 25.0. The zero-order valence-corrected chi connectivity index (χ0v) is 18.7. The van der Waals surface area contributed by atoms with E-state index in [1.165, 1.54) is 29.6 Å². The minimum absolute atomic E-state index is 0.0821. The molecule has 1 aliphatic rings. The van der Waals surface area contributed by atoms with Crippen LogP contribution < -0.4 is 0 Å². The Bertz CT molecular complexity index is 1600. The van der Waals surface area contributed by atoms with E-state index < -0.39 is 23.7 Å². The Kier molecular flexibility index (Phi) is 4.88. The minimum Gasteiger partial charge on any atom is -0.411 e. The number of imidazole rings is 1. The van der Waals surface area contributed by atoms with E-state index >= 15 is 0 Å². The number of aromatic nitrogens is 7. The summed E-state index contributed by atoms with van der Waals surface area (Å²) in [5.41, 5.74) is 1.71. The summed E-state index contributed by atoms with van der Waals surface area (Å²) >= 11 is 0. The van der Waals surface area contributed by atoms with Gasteiger partial charge in [0, 0.05) is 30.6 Å². The van der Waals surface area contributed by atoms with Gasteiger partial charge < -0.3 is 14.3 Å². The topological polar surface area (TPSA) is 118 Å². The van der Waals surface area contributed by atoms with Crippen LogP contribution in [0.5, 0.6) is 0 Å². The Morgan fingerprint density at radius 2 is 2.06 bits per heavy atom. The van der Waals surface area contributed by atoms with Crippen molar-refractivity contribution in [3.63, 3.8) is 0 Å². The molecule has 0 bridgehead atoms. The lowest BCUT2D eigenvalue weighted by Crippen LogP contribution is -2.41. The number of halogens is 3. The van der Waals surface area contributed by atoms with Gasteiger partial charge in [-0.1, -0.05) is 6.07 Å². The Balaban J connectivity index is 1.42. The van der Waals surface area contributed by atoms with Crippen molar-refractivity contribution >= 4 is 11.4 Å². The van der Waals surface area contributed by atoms with Crippen LogP contribution in [0.3, 0.4) is 0 Å². The summed E-state index contributed by atoms with van der Waals surface area (Å²) in [4.78, 5) is 26.7. The van der Waals surface area contributed by atoms with Crippen LogP contribution in [0, 0.1) is 6.92 Å². The standard InChI is InChI=1S/C23H17F3N8O2/c1-12-4-2-6-15(29-12)20-30-31-21(36-20)22(35)33-9-7-14-18(28-11-27-14)19(33)16-10-17-13(23(24,25)26)5-3-8-34(17)32-16/h2-6,8,10-11,19H,7,9H2,1H3,(H,27,28)/t19-/m0/s1. The Labute approximate surface area is 200 Å². The SMILES string of the molecule is Cc1cccc(-c2nnc(C(=O)N3CCc4[nH]cnc4[C@@H]3c3cc4c(C(F)(F)F)cccn4n3)o2)n1. The lowest BCUT2D eigenvalue weighted by molar-refractivity contribution is -0.136. The molecule has 1 amide bonds. The molecule has 0 aliphatic carbocycles. The maximum absolute atomic E-state index is 13.6. The minimum atomic E-state index is -4.57. The summed E-state index contributed by atoms with van der Waals surface area (Å²) in [6, 6.07) is 8.00. The first-order chi connectivity index (χ1) is 17.3. The van der Waals surface area contributed by atoms with Crippen LogP contribution in [0.2, 0.25) is 0 Å². The van der Waals surface area contributed by atoms with Crippen LogP contribution in [-0.2, 0) is 12.6 Å². The fraction of sp³-hybridized carbons (Fsp3) is 0.217. The Morgan fingerprint density at radius 1 is 1.19 bits per heavy atom. The molecule has 1 N–H and O–H groups in total. The third-order valence-corrected chi connectivity index (χ3v) is 6.01. The summed E-state index contributed by atoms with van der Waals surface area (Å²) < 4.78 is 47.6. The number of carbonyl (C=O) groups excluding carboxylic acids is 1. The molecule has 1 aliphatic heterocycles. The second kappa shape index (κ2) is 8.00. The van der Waals surface area contributed by atoms with Gasteiger partial charge >= 0.3 is 18.0 Å². The van der Waals surface area contributed by atoms with Crippen molar-refractivity contribution in [2.75, 3.05) is 6.54 Å². The predicted octanol–water partition coefficient (Wildman–Crippen LogP) is 3.62. The van der Waals surface area contributed by atoms with Gasteiger partial charge in [0.1, 0.15) is 11.7 Å². The van der Waals surface area contributed by atoms with Gasteiger partial charge in [-0.25, -0.2) is 14.5 Å². The average molecular weight is 494 g/mol. The lowest BCUT2D eigenvalue weighted by atomic mass is 9.99. The van der Waals surface area contributed by atoms with E-state index in [4.69, 9.17) is 4.42 Å². The molecule has 0 saturated heterocycles. The molecule has 0 aromatic carbocycles. The maximum atomic E-state index is 13.6. The quantitative estimate of drug-likeness (QED) is 0.407. The highest BCUT2D eigenvalue weighted by atomic mass is 19.4. The van der Waals surface area contributed by atoms with E-state index in [0.717, 1.165) is 22.0 Å². The summed E-state index contributed by atoms with van der Waals surface area (Å²) in [6.45, 7) is 2.05. The van der Waals surface area contributed by atoms with Crippen LogP contribution in [0.15, 0.2) is 53.3 Å². The molecule has 36 heavy (non-hydrogen) atoms. The smallest absolute Gasteiger partial charge is 0.411 e. The number of carbonyl (C=O) groups is 1. The largest absolute Gasteiger partial charge is 0.418 e. The van der Waals surface area contributed by atoms with Crippen LogP contribution in [-0.4, -0.2) is 52.1 Å². The molecule has 13 heteroatoms. The van der Waals surface area contributed by atoms with Gasteiger partial charge in [0.15, 0.2) is 0 Å². The molecule has 182 valence electrons. The molecule has 0 fully saturated rings. The van der Waals surface area contributed by atoms with Crippen molar-refractivity contribution < 1.29 is 22.4 Å². The molecule has 0 spiro atoms. The van der Waals surface area contributed by atoms with Gasteiger partial charge in [0.2, 0.25) is 0 Å². The van der Waals surface area contributed by atoms with Crippen LogP contribution in [0.1, 0.15) is 45.1 Å². The van der Waals surface area contributed by atoms with Gasteiger partial charge in [-0.2, -0.15) is 18.3 Å². The first kappa shape index (κ1) is 21.9. The maximum Gasteiger partial charge on any atom is 0.418 e. The second-order valence-electron chi connectivity index (χ2n) is 8.31. The zero-order valence-electron chi connectivity index (χ0n) is 18.7. The number of pyridine rings is 2. The second-order valence-corrected chi connectivity index (χ2v) is 8.31. The van der Waals surface area contributed by atoms with Crippen molar-refractivity contribution in [3.05, 3.63) is 83.2 Å². The molecular formula is C23H17F3N8O2. The Morgan fingerprint density at radius 3 is 2.86 bits per heavy atom. The van der Waals surface area contributed by atoms with E-state index in [9.17, 15) is 18.0 Å². The highest BCUT2D eigenvalue weighted by molar-refractivity contribution is 5.90. The van der Waals surface area contributed by atoms with Gasteiger partial charge in [-0.3, -0.25) is 4.79 Å². The first-order valence-corrected chi connectivity index (χ1v) is 11.0. The third-order valence-electron chi connectivity index (χ3n) is 6.01. The summed E-state index contributed by atoms with van der Waals surface area (Å²) in [7, 11) is 0. The van der Waals surface area contributed by atoms with Crippen LogP contribution >= 0.6 is 0 Å². The number of nitrogens with zero attached hydrogens (tertiary/aromatic N) is 7. The number of alkyl halides is 3. The number of amides is 1. The van der Waals surface area contributed by atoms with E-state index in [-0.39, 0.29) is 29.5 Å². The van der Waals surface area contributed by atoms with E-state index in [0.29, 0.717) is 17.8 Å². The van der Waals surface area contributed by atoms with Gasteiger partial charge in [0.25, 0.3) is 5.89 Å². The van der Waals surface area contributed by atoms with Gasteiger partial charge in [-0.05, 0) is 37.3 Å². The normalized spacial score (nSPS) is 15.9. The van der Waals surface area contributed by atoms with E-state index in [2.05, 4.69) is 30.2 Å². The van der Waals surface area contributed by atoms with E-state index in [1.807, 2.05) is 13.0 Å². The highest BCUT2D eigenvalue weighted by Gasteiger charge is 2.39. The van der Waals surface area contributed by atoms with Gasteiger partial charge in [-0.15, -0.1) is 10.2 Å². The monoisotopic (exact) mass is 494 g/mol. The van der Waals surface area contributed by atoms with Crippen molar-refractivity contribution in [3.8, 4) is 11.6 Å². The summed E-state index contributed by atoms with van der Waals surface area (Å²) in [5, 5.41) is 12.2. The number of H-pyrrole nitrogens is 1. The van der Waals surface area contributed by atoms with Crippen LogP contribution in [0.25, 0.3) is 17.1 Å². The molecule has 6 heterocycles. The number of rotatable bonds is 3. The van der Waals surface area contributed by atoms with Crippen LogP contribution in [0.4, 0.5) is 13.2 Å². The molecule has 5 aromatic heterocycles. The Hall–Kier alpha value is -4.55. The first-order valence-electron chi connectivity index (χ1n) is 11.0. The number of hydrogen-bond acceptors (Lipinski definition) is 7. The number of hydrogen-bond donors (Lipinski definition) is 1. The number of fused-ring (bicyclic) bond motifs is 2. The number of aryl methyl sites for hydroxylation is 1. The summed E-state index contributed by atoms with van der Waals surface area (Å²) in [6.07, 6.45) is -1.20. The van der Waals surface area contributed by atoms with E-state index in [1.54, 1.807) is 12.1 Å². The molecule has 1 atom stereocenters. The van der Waals surface area contributed by atoms with Crippen molar-refractivity contribution in [1.29, 1.82) is 0 Å². The number of nitrogens with one attached hydrogen (secondary N) is 1. The third kappa shape index (κ3) is 3.59. The van der Waals surface area contributed by atoms with Crippen molar-refractivity contribution in [2.45, 2.75) is 25.6 Å². The molecule has 0 saturated carbocycles. The molecule has 0 unspecified atom stereocenters. The fourth-order valence-corrected chi connectivity index (χ4v) is 4.40. The van der Waals surface area contributed by atoms with Crippen molar-refractivity contribution in [2.24, 2.45) is 0 Å². The number of aromatic amines is 1. The molecule has 5 aromatic rings. The predicted molar refractivity (Wildman–Crippen MR) is 118 cm³/mol. The van der Waals surface area contributed by atoms with Gasteiger partial charge in [0.05, 0.1) is 28.8 Å². The molecule has 0 radical (unpaired) electrons. The lowest BCUT2D eigenvalue weighted by Gasteiger charge is -2.32. The molecule has 10 nitrogen and oxygen atoms in total. The molecule has 6 rings (SSSR count). The highest BCUT2D eigenvalue weighted by Crippen LogP contribution is 2.37. The fourth-order valence-electron chi connectivity index (χ4n) is 4.40. The summed E-state index contributed by atoms with van der Waals surface area (Å²) in [5.74, 6) is -0.774.